The molecule has 1 N–H and O–H groups in total. The quantitative estimate of drug-likeness (QED) is 0.913. The van der Waals surface area contributed by atoms with Crippen LogP contribution in [0.1, 0.15) is 29.2 Å². The van der Waals surface area contributed by atoms with Gasteiger partial charge < -0.3 is 10.1 Å². The lowest BCUT2D eigenvalue weighted by atomic mass is 9.98. The van der Waals surface area contributed by atoms with Crippen LogP contribution >= 0.6 is 11.8 Å². The Balaban J connectivity index is 1.73. The number of hydrogen-bond donors (Lipinski definition) is 1. The number of para-hydroxylation sites is 1. The highest BCUT2D eigenvalue weighted by atomic mass is 32.2. The molecule has 1 heterocycles. The molecular weight excluding hydrogens is 325 g/mol. The van der Waals surface area contributed by atoms with Crippen LogP contribution in [0.3, 0.4) is 0 Å². The maximum atomic E-state index is 13.0. The summed E-state index contributed by atoms with van der Waals surface area (Å²) < 4.78 is 18.8. The van der Waals surface area contributed by atoms with Crippen LogP contribution in [0.15, 0.2) is 48.5 Å². The van der Waals surface area contributed by atoms with Gasteiger partial charge in [0.1, 0.15) is 18.2 Å². The van der Waals surface area contributed by atoms with E-state index in [4.69, 9.17) is 4.74 Å². The average Bonchev–Trinajstić information content (AvgIpc) is 2.61. The number of hydrogen-bond acceptors (Lipinski definition) is 3. The van der Waals surface area contributed by atoms with E-state index in [0.717, 1.165) is 16.9 Å². The van der Waals surface area contributed by atoms with Gasteiger partial charge in [0.2, 0.25) is 5.91 Å². The Hall–Kier alpha value is -2.01. The number of rotatable bonds is 4. The van der Waals surface area contributed by atoms with Crippen molar-refractivity contribution in [1.29, 1.82) is 0 Å². The van der Waals surface area contributed by atoms with Gasteiger partial charge in [-0.1, -0.05) is 30.3 Å². The normalized spacial score (nSPS) is 20.6. The molecule has 3 nitrogen and oxygen atoms in total. The van der Waals surface area contributed by atoms with Gasteiger partial charge in [-0.05, 0) is 36.9 Å². The Labute approximate surface area is 145 Å². The van der Waals surface area contributed by atoms with E-state index in [1.165, 1.54) is 12.1 Å². The number of nitrogens with one attached hydrogen (secondary N) is 1. The zero-order valence-electron chi connectivity index (χ0n) is 13.7. The fraction of sp³-hybridized carbons (Fsp3) is 0.316. The third-order valence-electron chi connectivity index (χ3n) is 4.35. The second kappa shape index (κ2) is 7.26. The van der Waals surface area contributed by atoms with Gasteiger partial charge in [-0.2, -0.15) is 11.8 Å². The van der Waals surface area contributed by atoms with Crippen LogP contribution in [0, 0.1) is 5.82 Å². The Morgan fingerprint density at radius 2 is 1.96 bits per heavy atom. The summed E-state index contributed by atoms with van der Waals surface area (Å²) >= 11 is 1.70. The van der Waals surface area contributed by atoms with Crippen LogP contribution in [-0.2, 0) is 4.79 Å². The van der Waals surface area contributed by atoms with Crippen LogP contribution in [0.2, 0.25) is 0 Å². The van der Waals surface area contributed by atoms with Gasteiger partial charge in [0.15, 0.2) is 0 Å². The molecule has 0 aliphatic carbocycles. The summed E-state index contributed by atoms with van der Waals surface area (Å²) in [4.78, 5) is 12.6. The molecule has 0 aromatic heterocycles. The molecular formula is C19H20FNO2S. The van der Waals surface area contributed by atoms with Crippen LogP contribution in [0.25, 0.3) is 0 Å². The minimum atomic E-state index is -0.342. The summed E-state index contributed by atoms with van der Waals surface area (Å²) in [6.07, 6.45) is 2.04. The first-order valence-corrected chi connectivity index (χ1v) is 9.19. The summed E-state index contributed by atoms with van der Waals surface area (Å²) in [6.45, 7) is 2.28. The van der Waals surface area contributed by atoms with Gasteiger partial charge in [0.05, 0.1) is 17.2 Å². The number of ether oxygens (including phenoxy) is 1. The zero-order chi connectivity index (χ0) is 17.1. The third-order valence-corrected chi connectivity index (χ3v) is 5.44. The molecule has 3 rings (SSSR count). The molecule has 1 aliphatic heterocycles. The van der Waals surface area contributed by atoms with Crippen molar-refractivity contribution in [3.63, 3.8) is 0 Å². The largest absolute Gasteiger partial charge is 0.491 e. The highest BCUT2D eigenvalue weighted by Crippen LogP contribution is 2.39. The van der Waals surface area contributed by atoms with E-state index in [-0.39, 0.29) is 28.9 Å². The van der Waals surface area contributed by atoms with Crippen LogP contribution in [-0.4, -0.2) is 24.8 Å². The SMILES string of the molecule is CS[C@@H]1c2ccccc2OC[C@H]1NC(=O)[C@@H](C)c1ccc(F)cc1. The van der Waals surface area contributed by atoms with Crippen LogP contribution < -0.4 is 10.1 Å². The number of fused-ring (bicyclic) bond motifs is 1. The van der Waals surface area contributed by atoms with Crippen molar-refractivity contribution in [1.82, 2.24) is 5.32 Å². The minimum Gasteiger partial charge on any atom is -0.491 e. The molecule has 5 heteroatoms. The number of halogens is 1. The van der Waals surface area contributed by atoms with E-state index in [9.17, 15) is 9.18 Å². The number of carbonyl (C=O) groups is 1. The first kappa shape index (κ1) is 16.8. The van der Waals surface area contributed by atoms with Crippen molar-refractivity contribution in [2.24, 2.45) is 0 Å². The highest BCUT2D eigenvalue weighted by molar-refractivity contribution is 7.98. The van der Waals surface area contributed by atoms with E-state index in [2.05, 4.69) is 5.32 Å². The molecule has 2 aromatic rings. The third kappa shape index (κ3) is 3.41. The van der Waals surface area contributed by atoms with Gasteiger partial charge >= 0.3 is 0 Å². The molecule has 3 atom stereocenters. The summed E-state index contributed by atoms with van der Waals surface area (Å²) in [5.41, 5.74) is 1.91. The molecule has 2 aromatic carbocycles. The minimum absolute atomic E-state index is 0.0753. The first-order valence-electron chi connectivity index (χ1n) is 7.90. The molecule has 0 radical (unpaired) electrons. The molecule has 0 bridgehead atoms. The first-order chi connectivity index (χ1) is 11.6. The predicted octanol–water partition coefficient (Wildman–Crippen LogP) is 3.91. The van der Waals surface area contributed by atoms with Crippen molar-refractivity contribution < 1.29 is 13.9 Å². The monoisotopic (exact) mass is 345 g/mol. The lowest BCUT2D eigenvalue weighted by Gasteiger charge is -2.33. The van der Waals surface area contributed by atoms with Crippen LogP contribution in [0.4, 0.5) is 4.39 Å². The standard InChI is InChI=1S/C19H20FNO2S/c1-12(13-7-9-14(20)10-8-13)19(22)21-16-11-23-17-6-4-3-5-15(17)18(16)24-2/h3-10,12,16,18H,11H2,1-2H3,(H,21,22)/t12-,16+,18+/m0/s1. The van der Waals surface area contributed by atoms with Gasteiger partial charge in [0.25, 0.3) is 0 Å². The van der Waals surface area contributed by atoms with Gasteiger partial charge in [0, 0.05) is 5.56 Å². The lowest BCUT2D eigenvalue weighted by molar-refractivity contribution is -0.123. The van der Waals surface area contributed by atoms with E-state index >= 15 is 0 Å². The lowest BCUT2D eigenvalue weighted by Crippen LogP contribution is -2.46. The zero-order valence-corrected chi connectivity index (χ0v) is 14.5. The van der Waals surface area contributed by atoms with Crippen molar-refractivity contribution in [3.8, 4) is 5.75 Å². The fourth-order valence-corrected chi connectivity index (χ4v) is 3.87. The van der Waals surface area contributed by atoms with E-state index in [1.807, 2.05) is 37.4 Å². The van der Waals surface area contributed by atoms with Gasteiger partial charge in [-0.3, -0.25) is 4.79 Å². The molecule has 0 spiro atoms. The maximum Gasteiger partial charge on any atom is 0.227 e. The van der Waals surface area contributed by atoms with Crippen LogP contribution in [0.5, 0.6) is 5.75 Å². The predicted molar refractivity (Wildman–Crippen MR) is 94.9 cm³/mol. The summed E-state index contributed by atoms with van der Waals surface area (Å²) in [5.74, 6) is 0.166. The van der Waals surface area contributed by atoms with E-state index < -0.39 is 0 Å². The number of carbonyl (C=O) groups excluding carboxylic acids is 1. The molecule has 126 valence electrons. The highest BCUT2D eigenvalue weighted by Gasteiger charge is 2.32. The van der Waals surface area contributed by atoms with Crippen molar-refractivity contribution >= 4 is 17.7 Å². The molecule has 1 aliphatic rings. The molecule has 1 amide bonds. The number of benzene rings is 2. The Bertz CT molecular complexity index is 720. The average molecular weight is 345 g/mol. The molecule has 0 unspecified atom stereocenters. The Kier molecular flexibility index (Phi) is 5.09. The smallest absolute Gasteiger partial charge is 0.227 e. The molecule has 0 fully saturated rings. The molecule has 0 saturated heterocycles. The number of amides is 1. The van der Waals surface area contributed by atoms with Crippen molar-refractivity contribution in [3.05, 3.63) is 65.5 Å². The fourth-order valence-electron chi connectivity index (χ4n) is 2.95. The number of thioether (sulfide) groups is 1. The van der Waals surface area contributed by atoms with E-state index in [1.54, 1.807) is 23.9 Å². The Morgan fingerprint density at radius 3 is 2.67 bits per heavy atom. The Morgan fingerprint density at radius 1 is 1.25 bits per heavy atom. The summed E-state index contributed by atoms with van der Waals surface area (Å²) in [6, 6.07) is 13.9. The summed E-state index contributed by atoms with van der Waals surface area (Å²) in [7, 11) is 0. The molecule has 0 saturated carbocycles. The topological polar surface area (TPSA) is 38.3 Å². The van der Waals surface area contributed by atoms with Gasteiger partial charge in [-0.15, -0.1) is 0 Å². The van der Waals surface area contributed by atoms with Crippen molar-refractivity contribution in [2.75, 3.05) is 12.9 Å². The second-order valence-electron chi connectivity index (χ2n) is 5.89. The van der Waals surface area contributed by atoms with Gasteiger partial charge in [-0.25, -0.2) is 4.39 Å². The second-order valence-corrected chi connectivity index (χ2v) is 6.87. The van der Waals surface area contributed by atoms with E-state index in [0.29, 0.717) is 6.61 Å². The molecule has 24 heavy (non-hydrogen) atoms. The van der Waals surface area contributed by atoms with Crippen molar-refractivity contribution in [2.45, 2.75) is 24.1 Å². The summed E-state index contributed by atoms with van der Waals surface area (Å²) in [5, 5.41) is 3.25. The maximum absolute atomic E-state index is 13.0.